The number of halogens is 2. The quantitative estimate of drug-likeness (QED) is 0.846. The third-order valence-electron chi connectivity index (χ3n) is 2.31. The van der Waals surface area contributed by atoms with Crippen LogP contribution in [0.1, 0.15) is 10.6 Å². The van der Waals surface area contributed by atoms with E-state index in [0.29, 0.717) is 0 Å². The summed E-state index contributed by atoms with van der Waals surface area (Å²) in [6, 6.07) is 7.92. The molecule has 1 N–H and O–H groups in total. The molecular formula is C12H12Cl2N2S. The van der Waals surface area contributed by atoms with Crippen LogP contribution in [0, 0.1) is 0 Å². The lowest BCUT2D eigenvalue weighted by Crippen LogP contribution is -2.16. The molecule has 0 bridgehead atoms. The van der Waals surface area contributed by atoms with Gasteiger partial charge in [0.25, 0.3) is 0 Å². The normalized spacial score (nSPS) is 10.7. The van der Waals surface area contributed by atoms with E-state index in [-0.39, 0.29) is 0 Å². The molecule has 1 aromatic heterocycles. The smallest absolute Gasteiger partial charge is 0.113 e. The van der Waals surface area contributed by atoms with E-state index < -0.39 is 0 Å². The Morgan fingerprint density at radius 1 is 1.18 bits per heavy atom. The monoisotopic (exact) mass is 286 g/mol. The van der Waals surface area contributed by atoms with Crippen LogP contribution in [0.25, 0.3) is 0 Å². The third-order valence-corrected chi connectivity index (χ3v) is 3.67. The Morgan fingerprint density at radius 2 is 1.94 bits per heavy atom. The predicted octanol–water partition coefficient (Wildman–Crippen LogP) is 3.78. The van der Waals surface area contributed by atoms with Gasteiger partial charge in [-0.25, -0.2) is 4.98 Å². The van der Waals surface area contributed by atoms with Crippen molar-refractivity contribution in [3.05, 3.63) is 50.4 Å². The molecule has 0 amide bonds. The molecule has 17 heavy (non-hydrogen) atoms. The lowest BCUT2D eigenvalue weighted by Gasteiger charge is -2.03. The van der Waals surface area contributed by atoms with E-state index in [2.05, 4.69) is 10.3 Å². The highest BCUT2D eigenvalue weighted by molar-refractivity contribution is 7.15. The zero-order chi connectivity index (χ0) is 12.1. The fourth-order valence-corrected chi connectivity index (χ4v) is 2.50. The van der Waals surface area contributed by atoms with Crippen molar-refractivity contribution < 1.29 is 0 Å². The van der Waals surface area contributed by atoms with E-state index in [0.717, 1.165) is 33.9 Å². The van der Waals surface area contributed by atoms with Gasteiger partial charge in [0.15, 0.2) is 0 Å². The van der Waals surface area contributed by atoms with E-state index in [1.54, 1.807) is 6.20 Å². The molecule has 0 saturated carbocycles. The Bertz CT molecular complexity index is 468. The summed E-state index contributed by atoms with van der Waals surface area (Å²) in [6.45, 7) is 1.68. The van der Waals surface area contributed by atoms with Crippen LogP contribution >= 0.6 is 34.5 Å². The summed E-state index contributed by atoms with van der Waals surface area (Å²) in [5, 5.41) is 5.13. The van der Waals surface area contributed by atoms with Gasteiger partial charge < -0.3 is 5.32 Å². The lowest BCUT2D eigenvalue weighted by molar-refractivity contribution is 0.684. The Hall–Kier alpha value is -0.610. The first-order valence-corrected chi connectivity index (χ1v) is 6.86. The van der Waals surface area contributed by atoms with Crippen LogP contribution in [-0.4, -0.2) is 11.5 Å². The standard InChI is InChI=1S/C12H12Cl2N2S/c13-10-3-1-9(2-4-10)5-6-15-8-12-16-7-11(14)17-12/h1-4,7,15H,5-6,8H2. The summed E-state index contributed by atoms with van der Waals surface area (Å²) in [5.41, 5.74) is 1.28. The van der Waals surface area contributed by atoms with Crippen LogP contribution in [0.2, 0.25) is 9.36 Å². The molecule has 1 heterocycles. The topological polar surface area (TPSA) is 24.9 Å². The van der Waals surface area contributed by atoms with Crippen LogP contribution in [0.3, 0.4) is 0 Å². The highest BCUT2D eigenvalue weighted by atomic mass is 35.5. The van der Waals surface area contributed by atoms with Crippen LogP contribution in [0.4, 0.5) is 0 Å². The Labute approximate surface area is 115 Å². The summed E-state index contributed by atoms with van der Waals surface area (Å²) >= 11 is 13.1. The second-order valence-electron chi connectivity index (χ2n) is 3.61. The van der Waals surface area contributed by atoms with E-state index in [9.17, 15) is 0 Å². The van der Waals surface area contributed by atoms with Gasteiger partial charge in [0.05, 0.1) is 6.20 Å². The number of nitrogens with one attached hydrogen (secondary N) is 1. The molecule has 2 nitrogen and oxygen atoms in total. The van der Waals surface area contributed by atoms with Gasteiger partial charge in [0.2, 0.25) is 0 Å². The molecule has 0 aliphatic rings. The number of thiazole rings is 1. The molecule has 0 aliphatic heterocycles. The molecule has 0 radical (unpaired) electrons. The first-order valence-electron chi connectivity index (χ1n) is 5.29. The van der Waals surface area contributed by atoms with Gasteiger partial charge in [-0.3, -0.25) is 0 Å². The fourth-order valence-electron chi connectivity index (χ4n) is 1.45. The Morgan fingerprint density at radius 3 is 2.59 bits per heavy atom. The van der Waals surface area contributed by atoms with E-state index >= 15 is 0 Å². The second kappa shape index (κ2) is 6.36. The van der Waals surface area contributed by atoms with Crippen molar-refractivity contribution in [1.29, 1.82) is 0 Å². The number of aromatic nitrogens is 1. The maximum atomic E-state index is 5.82. The first-order chi connectivity index (χ1) is 8.24. The lowest BCUT2D eigenvalue weighted by atomic mass is 10.1. The highest BCUT2D eigenvalue weighted by Gasteiger charge is 1.99. The van der Waals surface area contributed by atoms with Gasteiger partial charge in [-0.1, -0.05) is 35.3 Å². The first kappa shape index (κ1) is 12.8. The average Bonchev–Trinajstić information content (AvgIpc) is 2.73. The predicted molar refractivity (Wildman–Crippen MR) is 74.0 cm³/mol. The molecule has 0 spiro atoms. The molecule has 5 heteroatoms. The number of benzene rings is 1. The third kappa shape index (κ3) is 4.28. The van der Waals surface area contributed by atoms with E-state index in [1.807, 2.05) is 24.3 Å². The average molecular weight is 287 g/mol. The van der Waals surface area contributed by atoms with Crippen molar-refractivity contribution >= 4 is 34.5 Å². The molecule has 2 aromatic rings. The van der Waals surface area contributed by atoms with Crippen molar-refractivity contribution in [1.82, 2.24) is 10.3 Å². The van der Waals surface area contributed by atoms with Gasteiger partial charge in [-0.05, 0) is 30.7 Å². The zero-order valence-electron chi connectivity index (χ0n) is 9.12. The summed E-state index contributed by atoms with van der Waals surface area (Å²) < 4.78 is 0.736. The number of nitrogens with zero attached hydrogens (tertiary/aromatic N) is 1. The molecule has 0 atom stereocenters. The minimum Gasteiger partial charge on any atom is -0.310 e. The minimum absolute atomic E-state index is 0.736. The van der Waals surface area contributed by atoms with Crippen molar-refractivity contribution in [2.24, 2.45) is 0 Å². The van der Waals surface area contributed by atoms with Gasteiger partial charge in [-0.2, -0.15) is 0 Å². The molecule has 1 aromatic carbocycles. The second-order valence-corrected chi connectivity index (χ2v) is 5.79. The largest absolute Gasteiger partial charge is 0.310 e. The molecule has 0 fully saturated rings. The van der Waals surface area contributed by atoms with Crippen molar-refractivity contribution in [3.8, 4) is 0 Å². The maximum Gasteiger partial charge on any atom is 0.113 e. The Kier molecular flexibility index (Phi) is 4.80. The SMILES string of the molecule is Clc1ccc(CCNCc2ncc(Cl)s2)cc1. The van der Waals surface area contributed by atoms with Crippen molar-refractivity contribution in [2.75, 3.05) is 6.54 Å². The molecule has 0 saturated heterocycles. The van der Waals surface area contributed by atoms with Crippen molar-refractivity contribution in [2.45, 2.75) is 13.0 Å². The fraction of sp³-hybridized carbons (Fsp3) is 0.250. The minimum atomic E-state index is 0.736. The van der Waals surface area contributed by atoms with Crippen molar-refractivity contribution in [3.63, 3.8) is 0 Å². The van der Waals surface area contributed by atoms with Gasteiger partial charge >= 0.3 is 0 Å². The number of hydrogen-bond acceptors (Lipinski definition) is 3. The van der Waals surface area contributed by atoms with E-state index in [1.165, 1.54) is 16.9 Å². The number of rotatable bonds is 5. The Balaban J connectivity index is 1.71. The van der Waals surface area contributed by atoms with Crippen LogP contribution in [0.5, 0.6) is 0 Å². The summed E-state index contributed by atoms with van der Waals surface area (Å²) in [6.07, 6.45) is 2.67. The maximum absolute atomic E-state index is 5.82. The summed E-state index contributed by atoms with van der Waals surface area (Å²) in [4.78, 5) is 4.18. The number of hydrogen-bond donors (Lipinski definition) is 1. The summed E-state index contributed by atoms with van der Waals surface area (Å²) in [5.74, 6) is 0. The van der Waals surface area contributed by atoms with Gasteiger partial charge in [-0.15, -0.1) is 11.3 Å². The molecule has 0 unspecified atom stereocenters. The molecule has 2 rings (SSSR count). The van der Waals surface area contributed by atoms with Gasteiger partial charge in [0, 0.05) is 11.6 Å². The van der Waals surface area contributed by atoms with Crippen LogP contribution < -0.4 is 5.32 Å². The molecule has 0 aliphatic carbocycles. The van der Waals surface area contributed by atoms with Crippen LogP contribution in [0.15, 0.2) is 30.5 Å². The van der Waals surface area contributed by atoms with Crippen LogP contribution in [-0.2, 0) is 13.0 Å². The molecular weight excluding hydrogens is 275 g/mol. The molecule has 90 valence electrons. The van der Waals surface area contributed by atoms with E-state index in [4.69, 9.17) is 23.2 Å². The summed E-state index contributed by atoms with van der Waals surface area (Å²) in [7, 11) is 0. The highest BCUT2D eigenvalue weighted by Crippen LogP contribution is 2.17. The van der Waals surface area contributed by atoms with Gasteiger partial charge in [0.1, 0.15) is 9.34 Å². The zero-order valence-corrected chi connectivity index (χ0v) is 11.4.